The molecule has 1 aromatic carbocycles. The summed E-state index contributed by atoms with van der Waals surface area (Å²) >= 11 is 0. The smallest absolute Gasteiger partial charge is 0.271 e. The lowest BCUT2D eigenvalue weighted by Gasteiger charge is -2.32. The average molecular weight is 353 g/mol. The molecule has 0 bridgehead atoms. The van der Waals surface area contributed by atoms with Crippen molar-refractivity contribution in [1.82, 2.24) is 20.0 Å². The topological polar surface area (TPSA) is 83.2 Å². The minimum absolute atomic E-state index is 0.163. The number of carbonyl (C=O) groups is 1. The summed E-state index contributed by atoms with van der Waals surface area (Å²) in [6, 6.07) is 11.3. The summed E-state index contributed by atoms with van der Waals surface area (Å²) in [5.41, 5.74) is 1.05. The highest BCUT2D eigenvalue weighted by Crippen LogP contribution is 2.21. The molecule has 0 saturated carbocycles. The molecule has 0 aliphatic carbocycles. The molecule has 26 heavy (non-hydrogen) atoms. The SMILES string of the molecule is CNC(=O)c1ccn(C2CCCN(CCOc3cccc(C#N)c3)C2)n1. The van der Waals surface area contributed by atoms with Gasteiger partial charge in [0.2, 0.25) is 0 Å². The zero-order valence-electron chi connectivity index (χ0n) is 14.9. The zero-order valence-corrected chi connectivity index (χ0v) is 14.9. The van der Waals surface area contributed by atoms with Crippen molar-refractivity contribution in [2.45, 2.75) is 18.9 Å². The Balaban J connectivity index is 1.51. The summed E-state index contributed by atoms with van der Waals surface area (Å²) in [5.74, 6) is 0.560. The van der Waals surface area contributed by atoms with Gasteiger partial charge in [-0.3, -0.25) is 14.4 Å². The molecular weight excluding hydrogens is 330 g/mol. The first-order valence-corrected chi connectivity index (χ1v) is 8.82. The van der Waals surface area contributed by atoms with Crippen molar-refractivity contribution in [3.05, 3.63) is 47.8 Å². The number of hydrogen-bond acceptors (Lipinski definition) is 5. The Kier molecular flexibility index (Phi) is 5.87. The van der Waals surface area contributed by atoms with Crippen LogP contribution >= 0.6 is 0 Å². The summed E-state index contributed by atoms with van der Waals surface area (Å²) in [4.78, 5) is 14.0. The number of hydrogen-bond donors (Lipinski definition) is 1. The second-order valence-electron chi connectivity index (χ2n) is 6.34. The Morgan fingerprint density at radius 3 is 3.15 bits per heavy atom. The fourth-order valence-corrected chi connectivity index (χ4v) is 3.19. The maximum Gasteiger partial charge on any atom is 0.271 e. The van der Waals surface area contributed by atoms with Crippen molar-refractivity contribution in [3.63, 3.8) is 0 Å². The highest BCUT2D eigenvalue weighted by Gasteiger charge is 2.22. The summed E-state index contributed by atoms with van der Waals surface area (Å²) in [6.07, 6.45) is 4.02. The molecule has 1 aliphatic heterocycles. The van der Waals surface area contributed by atoms with Gasteiger partial charge in [-0.1, -0.05) is 6.07 Å². The molecule has 2 aromatic rings. The van der Waals surface area contributed by atoms with E-state index in [-0.39, 0.29) is 11.9 Å². The van der Waals surface area contributed by atoms with Gasteiger partial charge in [0.25, 0.3) is 5.91 Å². The van der Waals surface area contributed by atoms with Crippen molar-refractivity contribution >= 4 is 5.91 Å². The van der Waals surface area contributed by atoms with Gasteiger partial charge in [-0.05, 0) is 43.7 Å². The number of benzene rings is 1. The van der Waals surface area contributed by atoms with E-state index in [2.05, 4.69) is 21.4 Å². The second kappa shape index (κ2) is 8.50. The lowest BCUT2D eigenvalue weighted by molar-refractivity contribution is 0.0955. The minimum Gasteiger partial charge on any atom is -0.492 e. The number of ether oxygens (including phenoxy) is 1. The van der Waals surface area contributed by atoms with Crippen LogP contribution in [-0.4, -0.2) is 53.9 Å². The maximum atomic E-state index is 11.7. The highest BCUT2D eigenvalue weighted by atomic mass is 16.5. The predicted octanol–water partition coefficient (Wildman–Crippen LogP) is 1.83. The van der Waals surface area contributed by atoms with E-state index in [0.29, 0.717) is 17.9 Å². The molecule has 3 rings (SSSR count). The lowest BCUT2D eigenvalue weighted by atomic mass is 10.1. The van der Waals surface area contributed by atoms with Gasteiger partial charge >= 0.3 is 0 Å². The van der Waals surface area contributed by atoms with Gasteiger partial charge in [-0.25, -0.2) is 0 Å². The summed E-state index contributed by atoms with van der Waals surface area (Å²) < 4.78 is 7.67. The number of aromatic nitrogens is 2. The molecule has 136 valence electrons. The third-order valence-corrected chi connectivity index (χ3v) is 4.56. The number of nitrogens with zero attached hydrogens (tertiary/aromatic N) is 4. The number of amides is 1. The van der Waals surface area contributed by atoms with E-state index >= 15 is 0 Å². The second-order valence-corrected chi connectivity index (χ2v) is 6.34. The van der Waals surface area contributed by atoms with Crippen molar-refractivity contribution < 1.29 is 9.53 Å². The van der Waals surface area contributed by atoms with Gasteiger partial charge in [0, 0.05) is 26.3 Å². The van der Waals surface area contributed by atoms with E-state index in [1.54, 1.807) is 25.2 Å². The molecule has 7 heteroatoms. The highest BCUT2D eigenvalue weighted by molar-refractivity contribution is 5.91. The maximum absolute atomic E-state index is 11.7. The zero-order chi connectivity index (χ0) is 18.4. The number of nitrogens with one attached hydrogen (secondary N) is 1. The number of carbonyl (C=O) groups excluding carboxylic acids is 1. The molecule has 7 nitrogen and oxygen atoms in total. The molecule has 1 N–H and O–H groups in total. The van der Waals surface area contributed by atoms with Gasteiger partial charge in [0.05, 0.1) is 17.7 Å². The Hall–Kier alpha value is -2.85. The molecule has 1 fully saturated rings. The molecule has 1 unspecified atom stereocenters. The molecule has 0 radical (unpaired) electrons. The van der Waals surface area contributed by atoms with Crippen LogP contribution in [0.15, 0.2) is 36.5 Å². The summed E-state index contributed by atoms with van der Waals surface area (Å²) in [7, 11) is 1.61. The first-order valence-electron chi connectivity index (χ1n) is 8.82. The molecule has 1 amide bonds. The first-order chi connectivity index (χ1) is 12.7. The van der Waals surface area contributed by atoms with E-state index in [1.165, 1.54) is 0 Å². The Bertz CT molecular complexity index is 795. The van der Waals surface area contributed by atoms with E-state index in [1.807, 2.05) is 23.0 Å². The van der Waals surface area contributed by atoms with Crippen molar-refractivity contribution in [2.24, 2.45) is 0 Å². The molecule has 1 atom stereocenters. The minimum atomic E-state index is -0.163. The normalized spacial score (nSPS) is 17.5. The third-order valence-electron chi connectivity index (χ3n) is 4.56. The largest absolute Gasteiger partial charge is 0.492 e. The van der Waals surface area contributed by atoms with Gasteiger partial charge in [-0.15, -0.1) is 0 Å². The van der Waals surface area contributed by atoms with Crippen LogP contribution in [-0.2, 0) is 0 Å². The molecule has 1 aliphatic rings. The fraction of sp³-hybridized carbons (Fsp3) is 0.421. The van der Waals surface area contributed by atoms with Crippen LogP contribution in [0.1, 0.15) is 34.9 Å². The molecule has 0 spiro atoms. The van der Waals surface area contributed by atoms with Crippen molar-refractivity contribution in [2.75, 3.05) is 33.3 Å². The van der Waals surface area contributed by atoms with Gasteiger partial charge in [0.1, 0.15) is 18.1 Å². The van der Waals surface area contributed by atoms with E-state index < -0.39 is 0 Å². The van der Waals surface area contributed by atoms with Crippen LogP contribution in [0.3, 0.4) is 0 Å². The Labute approximate surface area is 153 Å². The van der Waals surface area contributed by atoms with Crippen LogP contribution in [0.25, 0.3) is 0 Å². The number of rotatable bonds is 6. The average Bonchev–Trinajstić information content (AvgIpc) is 3.18. The van der Waals surface area contributed by atoms with Crippen LogP contribution in [0, 0.1) is 11.3 Å². The lowest BCUT2D eigenvalue weighted by Crippen LogP contribution is -2.39. The van der Waals surface area contributed by atoms with Crippen LogP contribution in [0.2, 0.25) is 0 Å². The van der Waals surface area contributed by atoms with Gasteiger partial charge in [-0.2, -0.15) is 10.4 Å². The Morgan fingerprint density at radius 2 is 2.35 bits per heavy atom. The first kappa shape index (κ1) is 18.0. The van der Waals surface area contributed by atoms with E-state index in [9.17, 15) is 4.79 Å². The monoisotopic (exact) mass is 353 g/mol. The van der Waals surface area contributed by atoms with E-state index in [4.69, 9.17) is 10.00 Å². The quantitative estimate of drug-likeness (QED) is 0.857. The van der Waals surface area contributed by atoms with Crippen molar-refractivity contribution in [3.8, 4) is 11.8 Å². The number of piperidine rings is 1. The summed E-state index contributed by atoms with van der Waals surface area (Å²) in [5, 5.41) is 15.9. The fourth-order valence-electron chi connectivity index (χ4n) is 3.19. The van der Waals surface area contributed by atoms with Crippen LogP contribution in [0.5, 0.6) is 5.75 Å². The van der Waals surface area contributed by atoms with Crippen LogP contribution < -0.4 is 10.1 Å². The molecule has 1 saturated heterocycles. The molecule has 2 heterocycles. The third kappa shape index (κ3) is 4.41. The predicted molar refractivity (Wildman–Crippen MR) is 97.0 cm³/mol. The molecule has 1 aromatic heterocycles. The van der Waals surface area contributed by atoms with E-state index in [0.717, 1.165) is 38.2 Å². The Morgan fingerprint density at radius 1 is 1.46 bits per heavy atom. The van der Waals surface area contributed by atoms with Gasteiger partial charge < -0.3 is 10.1 Å². The van der Waals surface area contributed by atoms with Gasteiger partial charge in [0.15, 0.2) is 0 Å². The number of nitriles is 1. The number of likely N-dealkylation sites (tertiary alicyclic amines) is 1. The summed E-state index contributed by atoms with van der Waals surface area (Å²) in [6.45, 7) is 3.30. The van der Waals surface area contributed by atoms with Crippen LogP contribution in [0.4, 0.5) is 0 Å². The molecular formula is C19H23N5O2. The van der Waals surface area contributed by atoms with Crippen molar-refractivity contribution in [1.29, 1.82) is 5.26 Å². The standard InChI is InChI=1S/C19H23N5O2/c1-21-19(25)18-7-9-24(22-18)16-5-3-8-23(14-16)10-11-26-17-6-2-4-15(12-17)13-20/h2,4,6-7,9,12,16H,3,5,8,10-11,14H2,1H3,(H,21,25).